The van der Waals surface area contributed by atoms with E-state index < -0.39 is 0 Å². The number of halogens is 3. The number of benzene rings is 1. The molecule has 1 fully saturated rings. The van der Waals surface area contributed by atoms with Gasteiger partial charge < -0.3 is 4.90 Å². The monoisotopic (exact) mass is 349 g/mol. The van der Waals surface area contributed by atoms with Crippen LogP contribution in [0.2, 0.25) is 10.0 Å². The van der Waals surface area contributed by atoms with E-state index in [1.807, 2.05) is 17.0 Å². The Bertz CT molecular complexity index is 432. The summed E-state index contributed by atoms with van der Waals surface area (Å²) in [7, 11) is 0. The average molecular weight is 351 g/mol. The van der Waals surface area contributed by atoms with E-state index >= 15 is 0 Å². The van der Waals surface area contributed by atoms with Crippen LogP contribution in [0.4, 0.5) is 0 Å². The first-order chi connectivity index (χ1) is 8.58. The maximum absolute atomic E-state index is 11.8. The first-order valence-electron chi connectivity index (χ1n) is 5.87. The summed E-state index contributed by atoms with van der Waals surface area (Å²) in [4.78, 5) is 13.7. The third kappa shape index (κ3) is 3.62. The van der Waals surface area contributed by atoms with Crippen LogP contribution < -0.4 is 0 Å². The highest BCUT2D eigenvalue weighted by Gasteiger charge is 2.28. The van der Waals surface area contributed by atoms with Gasteiger partial charge in [-0.15, -0.1) is 0 Å². The van der Waals surface area contributed by atoms with E-state index in [-0.39, 0.29) is 5.91 Å². The van der Waals surface area contributed by atoms with Gasteiger partial charge in [0.1, 0.15) is 0 Å². The average Bonchev–Trinajstić information content (AvgIpc) is 2.66. The fourth-order valence-electron chi connectivity index (χ4n) is 2.19. The molecule has 1 unspecified atom stereocenters. The van der Waals surface area contributed by atoms with Crippen molar-refractivity contribution in [1.82, 2.24) is 4.90 Å². The molecule has 5 heteroatoms. The summed E-state index contributed by atoms with van der Waals surface area (Å²) < 4.78 is 0. The molecule has 1 amide bonds. The summed E-state index contributed by atoms with van der Waals surface area (Å²) in [6, 6.07) is 5.51. The van der Waals surface area contributed by atoms with E-state index in [1.54, 1.807) is 6.07 Å². The number of nitrogens with zero attached hydrogens (tertiary/aromatic N) is 1. The number of alkyl halides is 1. The van der Waals surface area contributed by atoms with Gasteiger partial charge in [0.05, 0.1) is 0 Å². The van der Waals surface area contributed by atoms with Gasteiger partial charge in [0.15, 0.2) is 0 Å². The molecule has 0 saturated carbocycles. The molecule has 0 radical (unpaired) electrons. The molecule has 0 spiro atoms. The Kier molecular flexibility index (Phi) is 4.93. The summed E-state index contributed by atoms with van der Waals surface area (Å²) in [6.07, 6.45) is 1.45. The van der Waals surface area contributed by atoms with Crippen molar-refractivity contribution >= 4 is 45.0 Å². The summed E-state index contributed by atoms with van der Waals surface area (Å²) >= 11 is 15.3. The quantitative estimate of drug-likeness (QED) is 0.757. The molecule has 0 aliphatic carbocycles. The Labute approximate surface area is 125 Å². The summed E-state index contributed by atoms with van der Waals surface area (Å²) in [5.41, 5.74) is 1.07. The van der Waals surface area contributed by atoms with Gasteiger partial charge in [-0.3, -0.25) is 4.79 Å². The van der Waals surface area contributed by atoms with Crippen molar-refractivity contribution in [3.8, 4) is 0 Å². The maximum atomic E-state index is 11.8. The lowest BCUT2D eigenvalue weighted by Gasteiger charge is -2.16. The van der Waals surface area contributed by atoms with Crippen molar-refractivity contribution in [1.29, 1.82) is 0 Å². The van der Waals surface area contributed by atoms with Crippen molar-refractivity contribution in [2.75, 3.05) is 18.4 Å². The van der Waals surface area contributed by atoms with Gasteiger partial charge in [-0.05, 0) is 36.1 Å². The number of hydrogen-bond donors (Lipinski definition) is 0. The van der Waals surface area contributed by atoms with Crippen LogP contribution in [0.3, 0.4) is 0 Å². The number of carbonyl (C=O) groups excluding carboxylic acids is 1. The van der Waals surface area contributed by atoms with Crippen LogP contribution in [0.5, 0.6) is 0 Å². The van der Waals surface area contributed by atoms with Crippen molar-refractivity contribution in [3.63, 3.8) is 0 Å². The minimum Gasteiger partial charge on any atom is -0.342 e. The normalized spacial score (nSPS) is 19.6. The molecule has 18 heavy (non-hydrogen) atoms. The molecular weight excluding hydrogens is 337 g/mol. The predicted molar refractivity (Wildman–Crippen MR) is 78.6 cm³/mol. The Morgan fingerprint density at radius 1 is 1.28 bits per heavy atom. The van der Waals surface area contributed by atoms with Crippen LogP contribution in [0.1, 0.15) is 12.0 Å². The fraction of sp³-hybridized carbons (Fsp3) is 0.462. The van der Waals surface area contributed by atoms with E-state index in [0.717, 1.165) is 30.4 Å². The fourth-order valence-corrected chi connectivity index (χ4v) is 3.20. The number of likely N-dealkylation sites (tertiary alicyclic amines) is 1. The molecule has 0 bridgehead atoms. The zero-order valence-corrected chi connectivity index (χ0v) is 12.9. The molecule has 1 aliphatic rings. The lowest BCUT2D eigenvalue weighted by atomic mass is 10.1. The van der Waals surface area contributed by atoms with Gasteiger partial charge in [0.2, 0.25) is 5.91 Å². The third-order valence-corrected chi connectivity index (χ3v) is 4.46. The van der Waals surface area contributed by atoms with Gasteiger partial charge in [-0.1, -0.05) is 39.1 Å². The zero-order chi connectivity index (χ0) is 13.1. The molecule has 1 heterocycles. The second-order valence-corrected chi connectivity index (χ2v) is 6.11. The van der Waals surface area contributed by atoms with E-state index in [0.29, 0.717) is 22.4 Å². The van der Waals surface area contributed by atoms with Crippen molar-refractivity contribution in [3.05, 3.63) is 33.8 Å². The van der Waals surface area contributed by atoms with Gasteiger partial charge in [0.25, 0.3) is 0 Å². The molecule has 2 rings (SSSR count). The Hall–Kier alpha value is -0.250. The van der Waals surface area contributed by atoms with E-state index in [4.69, 9.17) is 23.2 Å². The first-order valence-corrected chi connectivity index (χ1v) is 7.75. The van der Waals surface area contributed by atoms with Gasteiger partial charge in [0, 0.05) is 34.9 Å². The standard InChI is InChI=1S/C13H14BrCl2NO/c14-7-10-5-13(18)17(8-10)2-1-9-3-11(15)6-12(16)4-9/h3-4,6,10H,1-2,5,7-8H2. The van der Waals surface area contributed by atoms with Crippen molar-refractivity contribution in [2.45, 2.75) is 12.8 Å². The number of hydrogen-bond acceptors (Lipinski definition) is 1. The molecule has 1 saturated heterocycles. The highest BCUT2D eigenvalue weighted by molar-refractivity contribution is 9.09. The van der Waals surface area contributed by atoms with Gasteiger partial charge >= 0.3 is 0 Å². The molecule has 1 aliphatic heterocycles. The van der Waals surface area contributed by atoms with E-state index in [2.05, 4.69) is 15.9 Å². The van der Waals surface area contributed by atoms with Gasteiger partial charge in [-0.2, -0.15) is 0 Å². The molecule has 98 valence electrons. The lowest BCUT2D eigenvalue weighted by Crippen LogP contribution is -2.27. The van der Waals surface area contributed by atoms with Crippen LogP contribution in [0.15, 0.2) is 18.2 Å². The highest BCUT2D eigenvalue weighted by Crippen LogP contribution is 2.22. The molecular formula is C13H14BrCl2NO. The minimum atomic E-state index is 0.243. The number of rotatable bonds is 4. The minimum absolute atomic E-state index is 0.243. The Balaban J connectivity index is 1.93. The Morgan fingerprint density at radius 2 is 1.94 bits per heavy atom. The van der Waals surface area contributed by atoms with Crippen LogP contribution in [0, 0.1) is 5.92 Å². The summed E-state index contributed by atoms with van der Waals surface area (Å²) in [6.45, 7) is 1.58. The van der Waals surface area contributed by atoms with E-state index in [9.17, 15) is 4.79 Å². The van der Waals surface area contributed by atoms with Crippen LogP contribution in [-0.2, 0) is 11.2 Å². The predicted octanol–water partition coefficient (Wildman–Crippen LogP) is 3.78. The van der Waals surface area contributed by atoms with Crippen molar-refractivity contribution in [2.24, 2.45) is 5.92 Å². The summed E-state index contributed by atoms with van der Waals surface area (Å²) in [5, 5.41) is 2.17. The lowest BCUT2D eigenvalue weighted by molar-refractivity contribution is -0.127. The van der Waals surface area contributed by atoms with Crippen LogP contribution >= 0.6 is 39.1 Å². The van der Waals surface area contributed by atoms with E-state index in [1.165, 1.54) is 0 Å². The van der Waals surface area contributed by atoms with Crippen LogP contribution in [0.25, 0.3) is 0 Å². The number of carbonyl (C=O) groups is 1. The summed E-state index contributed by atoms with van der Waals surface area (Å²) in [5.74, 6) is 0.688. The smallest absolute Gasteiger partial charge is 0.222 e. The Morgan fingerprint density at radius 3 is 2.50 bits per heavy atom. The molecule has 1 atom stereocenters. The van der Waals surface area contributed by atoms with Gasteiger partial charge in [-0.25, -0.2) is 0 Å². The highest BCUT2D eigenvalue weighted by atomic mass is 79.9. The zero-order valence-electron chi connectivity index (χ0n) is 9.83. The largest absolute Gasteiger partial charge is 0.342 e. The second-order valence-electron chi connectivity index (χ2n) is 4.59. The van der Waals surface area contributed by atoms with Crippen molar-refractivity contribution < 1.29 is 4.79 Å². The molecule has 1 aromatic carbocycles. The molecule has 0 aromatic heterocycles. The SMILES string of the molecule is O=C1CC(CBr)CN1CCc1cc(Cl)cc(Cl)c1. The molecule has 1 aromatic rings. The molecule has 0 N–H and O–H groups in total. The molecule has 2 nitrogen and oxygen atoms in total. The second kappa shape index (κ2) is 6.27. The number of amides is 1. The third-order valence-electron chi connectivity index (χ3n) is 3.11. The topological polar surface area (TPSA) is 20.3 Å². The van der Waals surface area contributed by atoms with Crippen LogP contribution in [-0.4, -0.2) is 29.2 Å². The maximum Gasteiger partial charge on any atom is 0.222 e. The first kappa shape index (κ1) is 14.2.